The van der Waals surface area contributed by atoms with Crippen LogP contribution in [0.15, 0.2) is 55.0 Å². The van der Waals surface area contributed by atoms with E-state index in [2.05, 4.69) is 76.4 Å². The Morgan fingerprint density at radius 3 is 1.26 bits per heavy atom. The van der Waals surface area contributed by atoms with Crippen LogP contribution in [0.5, 0.6) is 17.2 Å². The van der Waals surface area contributed by atoms with Crippen molar-refractivity contribution < 1.29 is 46.5 Å². The quantitative estimate of drug-likeness (QED) is 0.0491. The van der Waals surface area contributed by atoms with Crippen molar-refractivity contribution in [2.75, 3.05) is 88.3 Å². The summed E-state index contributed by atoms with van der Waals surface area (Å²) >= 11 is 0. The fourth-order valence-corrected chi connectivity index (χ4v) is 8.83. The number of aromatic amines is 6. The van der Waals surface area contributed by atoms with E-state index in [-0.39, 0.29) is 35.3 Å². The van der Waals surface area contributed by atoms with E-state index in [4.69, 9.17) is 18.9 Å². The minimum Gasteiger partial charge on any atom is -0.491 e. The van der Waals surface area contributed by atoms with Crippen LogP contribution in [-0.4, -0.2) is 166 Å². The molecule has 9 aromatic rings. The highest BCUT2D eigenvalue weighted by Crippen LogP contribution is 2.32. The summed E-state index contributed by atoms with van der Waals surface area (Å²) in [5.74, 6) is 0.414. The number of rotatable bonds is 14. The van der Waals surface area contributed by atoms with Gasteiger partial charge >= 0.3 is 18.1 Å². The Labute approximate surface area is 455 Å². The Morgan fingerprint density at radius 1 is 0.537 bits per heavy atom. The van der Waals surface area contributed by atoms with Crippen LogP contribution >= 0.6 is 0 Å². The van der Waals surface area contributed by atoms with E-state index in [0.717, 1.165) is 32.4 Å². The normalized spacial score (nSPS) is 13.3. The van der Waals surface area contributed by atoms with Crippen LogP contribution in [0.1, 0.15) is 53.9 Å². The number of urea groups is 3. The number of amides is 6. The molecule has 0 atom stereocenters. The second-order valence-electron chi connectivity index (χ2n) is 18.0. The summed E-state index contributed by atoms with van der Waals surface area (Å²) < 4.78 is 63.2. The molecule has 0 bridgehead atoms. The van der Waals surface area contributed by atoms with Crippen molar-refractivity contribution in [2.24, 2.45) is 0 Å². The Kier molecular flexibility index (Phi) is 17.6. The molecule has 0 unspecified atom stereocenters. The van der Waals surface area contributed by atoms with Crippen molar-refractivity contribution in [3.8, 4) is 51.8 Å². The number of aromatic nitrogens is 12. The topological polar surface area (TPSA) is 306 Å². The number of H-pyrrole nitrogens is 6. The molecule has 2 saturated heterocycles. The number of hydrogen-bond acceptors (Lipinski definition) is 13. The summed E-state index contributed by atoms with van der Waals surface area (Å²) in [7, 11) is 0. The summed E-state index contributed by atoms with van der Waals surface area (Å²) in [5, 5.41) is 29.0. The van der Waals surface area contributed by atoms with E-state index in [1.165, 1.54) is 42.9 Å². The molecule has 2 aliphatic heterocycles. The molecule has 9 N–H and O–H groups in total. The third kappa shape index (κ3) is 12.6. The lowest BCUT2D eigenvalue weighted by molar-refractivity contribution is 0.0564. The van der Waals surface area contributed by atoms with E-state index in [0.29, 0.717) is 144 Å². The van der Waals surface area contributed by atoms with Gasteiger partial charge in [-0.05, 0) is 53.9 Å². The number of ether oxygens (including phenoxy) is 4. The van der Waals surface area contributed by atoms with Crippen molar-refractivity contribution >= 4 is 68.3 Å². The van der Waals surface area contributed by atoms with Gasteiger partial charge in [-0.15, -0.1) is 0 Å². The predicted molar refractivity (Wildman–Crippen MR) is 292 cm³/mol. The first-order chi connectivity index (χ1) is 38.9. The van der Waals surface area contributed by atoms with E-state index >= 15 is 0 Å². The summed E-state index contributed by atoms with van der Waals surface area (Å²) in [4.78, 5) is 64.8. The van der Waals surface area contributed by atoms with Gasteiger partial charge in [-0.3, -0.25) is 15.3 Å². The number of nitrogens with one attached hydrogen (secondary N) is 9. The number of likely N-dealkylation sites (tertiary alicyclic amines) is 1. The van der Waals surface area contributed by atoms with E-state index in [1.54, 1.807) is 47.6 Å². The van der Waals surface area contributed by atoms with Crippen molar-refractivity contribution in [3.63, 3.8) is 0 Å². The zero-order valence-corrected chi connectivity index (χ0v) is 44.6. The number of anilines is 3. The van der Waals surface area contributed by atoms with Crippen molar-refractivity contribution in [1.29, 1.82) is 0 Å². The molecule has 80 heavy (non-hydrogen) atoms. The van der Waals surface area contributed by atoms with Gasteiger partial charge in [-0.2, -0.15) is 15.3 Å². The number of halogens is 3. The second-order valence-corrected chi connectivity index (χ2v) is 18.0. The Bertz CT molecular complexity index is 3420. The number of piperidine rings is 1. The number of benzene rings is 3. The molecular formula is C52H61F3N18O7. The molecule has 6 amide bonds. The summed E-state index contributed by atoms with van der Waals surface area (Å²) in [5.41, 5.74) is 6.31. The van der Waals surface area contributed by atoms with Crippen molar-refractivity contribution in [1.82, 2.24) is 75.2 Å². The minimum absolute atomic E-state index is 0.147. The molecular weight excluding hydrogens is 1050 g/mol. The lowest BCUT2D eigenvalue weighted by Gasteiger charge is -2.26. The summed E-state index contributed by atoms with van der Waals surface area (Å²) in [6.45, 7) is 15.1. The van der Waals surface area contributed by atoms with Crippen LogP contribution in [0, 0.1) is 17.5 Å². The number of imidazole rings is 3. The molecule has 422 valence electrons. The number of carbonyl (C=O) groups is 3. The molecule has 8 heterocycles. The largest absolute Gasteiger partial charge is 0.491 e. The standard InChI is InChI=1S/C18H21FN6O2.C17H19FN6O3.C17H21FN6O2/c1-2-27-15-9-13-12(8-11(15)19)21-17(22-13)16-14(10-20-24-16)23-18(26)25-6-4-3-5-7-25;1-2-27-14-8-12-11(7-10(14)18)20-16(21-12)15-13(9-19-23-15)22-17(25)24-3-5-26-6-4-24;1-4-24(5-2)17(25)22-13-9-19-23-15(13)16-20-11-7-10(18)14(26-6-3)8-12(11)21-16/h8-10H,2-7H2,1H3,(H,20,24)(H,21,22)(H,23,26);7-9H,2-6H2,1H3,(H,19,23)(H,20,21)(H,22,25);7-9H,4-6H2,1-3H3,(H,19,23)(H,20,21)(H,22,25). The van der Waals surface area contributed by atoms with E-state index in [9.17, 15) is 27.6 Å². The molecule has 0 saturated carbocycles. The first-order valence-electron chi connectivity index (χ1n) is 26.2. The van der Waals surface area contributed by atoms with Crippen LogP contribution in [-0.2, 0) is 4.74 Å². The fraction of sp³-hybridized carbons (Fsp3) is 0.365. The molecule has 0 aliphatic carbocycles. The molecule has 3 aromatic carbocycles. The van der Waals surface area contributed by atoms with Gasteiger partial charge in [0, 0.05) is 75.7 Å². The average molecular weight is 1110 g/mol. The first kappa shape index (κ1) is 55.4. The zero-order chi connectivity index (χ0) is 56.3. The maximum atomic E-state index is 14.1. The number of carbonyl (C=O) groups excluding carboxylic acids is 3. The van der Waals surface area contributed by atoms with Gasteiger partial charge < -0.3 is 64.5 Å². The molecule has 11 rings (SSSR count). The van der Waals surface area contributed by atoms with Crippen molar-refractivity contribution in [2.45, 2.75) is 53.9 Å². The van der Waals surface area contributed by atoms with Gasteiger partial charge in [-0.1, -0.05) is 0 Å². The lowest BCUT2D eigenvalue weighted by atomic mass is 10.1. The fourth-order valence-electron chi connectivity index (χ4n) is 8.83. The highest BCUT2D eigenvalue weighted by molar-refractivity contribution is 5.96. The van der Waals surface area contributed by atoms with Crippen LogP contribution in [0.25, 0.3) is 67.7 Å². The molecule has 6 aromatic heterocycles. The van der Waals surface area contributed by atoms with Gasteiger partial charge in [0.1, 0.15) is 17.1 Å². The molecule has 2 aliphatic rings. The average Bonchev–Trinajstić information content (AvgIpc) is 4.37. The minimum atomic E-state index is -0.468. The van der Waals surface area contributed by atoms with Gasteiger partial charge in [0.25, 0.3) is 0 Å². The smallest absolute Gasteiger partial charge is 0.322 e. The lowest BCUT2D eigenvalue weighted by Crippen LogP contribution is -2.43. The van der Waals surface area contributed by atoms with E-state index < -0.39 is 17.5 Å². The highest BCUT2D eigenvalue weighted by atomic mass is 19.1. The Hall–Kier alpha value is -9.34. The SMILES string of the molecule is CCOc1cc2nc(-c3[nH]ncc3NC(=O)N(CC)CC)[nH]c2cc1F.CCOc1cc2nc(-c3[nH]ncc3NC(=O)N3CCCCC3)[nH]c2cc1F.CCOc1cc2nc(-c3[nH]ncc3NC(=O)N3CCOCC3)[nH]c2cc1F. The van der Waals surface area contributed by atoms with Gasteiger partial charge in [0.15, 0.2) is 52.2 Å². The highest BCUT2D eigenvalue weighted by Gasteiger charge is 2.24. The Balaban J connectivity index is 0.000000145. The van der Waals surface area contributed by atoms with Gasteiger partial charge in [0.2, 0.25) is 0 Å². The summed E-state index contributed by atoms with van der Waals surface area (Å²) in [6.07, 6.45) is 7.74. The molecule has 0 spiro atoms. The number of nitrogens with zero attached hydrogens (tertiary/aromatic N) is 9. The van der Waals surface area contributed by atoms with Crippen LogP contribution in [0.3, 0.4) is 0 Å². The van der Waals surface area contributed by atoms with Gasteiger partial charge in [-0.25, -0.2) is 42.5 Å². The van der Waals surface area contributed by atoms with Gasteiger partial charge in [0.05, 0.1) is 102 Å². The van der Waals surface area contributed by atoms with E-state index in [1.807, 2.05) is 13.8 Å². The van der Waals surface area contributed by atoms with Crippen LogP contribution in [0.2, 0.25) is 0 Å². The maximum Gasteiger partial charge on any atom is 0.322 e. The number of morpholine rings is 1. The maximum absolute atomic E-state index is 14.1. The third-order valence-corrected chi connectivity index (χ3v) is 12.9. The number of hydrogen-bond donors (Lipinski definition) is 9. The Morgan fingerprint density at radius 2 is 0.900 bits per heavy atom. The predicted octanol–water partition coefficient (Wildman–Crippen LogP) is 9.23. The monoisotopic (exact) mass is 1110 g/mol. The van der Waals surface area contributed by atoms with Crippen LogP contribution < -0.4 is 30.2 Å². The molecule has 0 radical (unpaired) electrons. The molecule has 28 heteroatoms. The summed E-state index contributed by atoms with van der Waals surface area (Å²) in [6, 6.07) is 8.03. The van der Waals surface area contributed by atoms with Crippen LogP contribution in [0.4, 0.5) is 44.6 Å². The van der Waals surface area contributed by atoms with Crippen molar-refractivity contribution in [3.05, 3.63) is 72.4 Å². The zero-order valence-electron chi connectivity index (χ0n) is 44.6. The second kappa shape index (κ2) is 25.4. The third-order valence-electron chi connectivity index (χ3n) is 12.9. The number of fused-ring (bicyclic) bond motifs is 3. The molecule has 2 fully saturated rings. The first-order valence-corrected chi connectivity index (χ1v) is 26.2. The molecule has 25 nitrogen and oxygen atoms in total.